The molecular weight excluding hydrogens is 256 g/mol. The van der Waals surface area contributed by atoms with Crippen LogP contribution in [0.4, 0.5) is 0 Å². The first kappa shape index (κ1) is 15.9. The van der Waals surface area contributed by atoms with Gasteiger partial charge in [0.05, 0.1) is 6.61 Å². The van der Waals surface area contributed by atoms with Crippen molar-refractivity contribution in [3.05, 3.63) is 29.8 Å². The molecule has 3 heteroatoms. The molecule has 0 radical (unpaired) electrons. The number of benzene rings is 1. The molecule has 0 saturated heterocycles. The lowest BCUT2D eigenvalue weighted by atomic mass is 10.2. The fourth-order valence-corrected chi connectivity index (χ4v) is 2.46. The van der Waals surface area contributed by atoms with E-state index in [1.54, 1.807) is 0 Å². The van der Waals surface area contributed by atoms with Crippen LogP contribution in [0.1, 0.15) is 25.8 Å². The van der Waals surface area contributed by atoms with Crippen LogP contribution in [0.5, 0.6) is 5.75 Å². The van der Waals surface area contributed by atoms with Crippen LogP contribution in [0, 0.1) is 17.8 Å². The van der Waals surface area contributed by atoms with Crippen molar-refractivity contribution in [2.24, 2.45) is 5.92 Å². The monoisotopic (exact) mass is 278 g/mol. The van der Waals surface area contributed by atoms with Gasteiger partial charge in [-0.15, -0.1) is 0 Å². The Bertz CT molecular complexity index is 401. The number of ether oxygens (including phenoxy) is 1. The van der Waals surface area contributed by atoms with Gasteiger partial charge in [0.2, 0.25) is 0 Å². The van der Waals surface area contributed by atoms with Crippen LogP contribution in [0.3, 0.4) is 0 Å². The molecule has 1 N–H and O–H groups in total. The number of rotatable bonds is 7. The Kier molecular flexibility index (Phi) is 8.20. The van der Waals surface area contributed by atoms with Crippen LogP contribution in [0.25, 0.3) is 0 Å². The van der Waals surface area contributed by atoms with Gasteiger partial charge in [-0.2, -0.15) is 11.8 Å². The van der Waals surface area contributed by atoms with E-state index >= 15 is 0 Å². The van der Waals surface area contributed by atoms with Crippen LogP contribution in [-0.4, -0.2) is 29.8 Å². The molecule has 0 aliphatic heterocycles. The fourth-order valence-electron chi connectivity index (χ4n) is 1.42. The second-order valence-corrected chi connectivity index (χ2v) is 5.85. The summed E-state index contributed by atoms with van der Waals surface area (Å²) in [5, 5.41) is 8.60. The molecule has 19 heavy (non-hydrogen) atoms. The molecule has 104 valence electrons. The number of thioether (sulfide) groups is 1. The first-order valence-electron chi connectivity index (χ1n) is 6.62. The highest BCUT2D eigenvalue weighted by molar-refractivity contribution is 7.99. The molecule has 1 aromatic rings. The maximum Gasteiger partial charge on any atom is 0.119 e. The van der Waals surface area contributed by atoms with Crippen LogP contribution < -0.4 is 4.74 Å². The average Bonchev–Trinajstić information content (AvgIpc) is 2.41. The van der Waals surface area contributed by atoms with E-state index in [-0.39, 0.29) is 6.61 Å². The van der Waals surface area contributed by atoms with Crippen molar-refractivity contribution in [3.8, 4) is 17.6 Å². The van der Waals surface area contributed by atoms with Crippen LogP contribution >= 0.6 is 11.8 Å². The first-order valence-corrected chi connectivity index (χ1v) is 7.78. The molecule has 0 heterocycles. The van der Waals surface area contributed by atoms with E-state index < -0.39 is 0 Å². The summed E-state index contributed by atoms with van der Waals surface area (Å²) >= 11 is 1.94. The number of hydrogen-bond acceptors (Lipinski definition) is 3. The van der Waals surface area contributed by atoms with Crippen molar-refractivity contribution in [2.75, 3.05) is 24.7 Å². The van der Waals surface area contributed by atoms with Gasteiger partial charge < -0.3 is 9.84 Å². The zero-order valence-electron chi connectivity index (χ0n) is 11.7. The molecule has 1 aromatic carbocycles. The third-order valence-electron chi connectivity index (χ3n) is 2.50. The van der Waals surface area contributed by atoms with E-state index in [2.05, 4.69) is 25.7 Å². The summed E-state index contributed by atoms with van der Waals surface area (Å²) in [4.78, 5) is 0. The van der Waals surface area contributed by atoms with E-state index in [9.17, 15) is 0 Å². The Morgan fingerprint density at radius 1 is 1.21 bits per heavy atom. The molecule has 0 bridgehead atoms. The second-order valence-electron chi connectivity index (χ2n) is 4.63. The van der Waals surface area contributed by atoms with E-state index in [1.165, 1.54) is 12.2 Å². The molecule has 0 fully saturated rings. The number of aliphatic hydroxyl groups is 1. The molecule has 1 rings (SSSR count). The first-order chi connectivity index (χ1) is 9.22. The largest absolute Gasteiger partial charge is 0.493 e. The van der Waals surface area contributed by atoms with Crippen LogP contribution in [-0.2, 0) is 0 Å². The molecule has 0 aliphatic carbocycles. The van der Waals surface area contributed by atoms with Gasteiger partial charge >= 0.3 is 0 Å². The lowest BCUT2D eigenvalue weighted by molar-refractivity contribution is 0.344. The van der Waals surface area contributed by atoms with Crippen molar-refractivity contribution < 1.29 is 9.84 Å². The van der Waals surface area contributed by atoms with E-state index in [0.29, 0.717) is 0 Å². The standard InChI is InChI=1S/C16H22O2S/c1-14(2)9-12-19-13-11-18-16-7-5-15(6-8-16)4-3-10-17/h5-8,14,17H,9-13H2,1-2H3. The zero-order valence-corrected chi connectivity index (χ0v) is 12.5. The minimum Gasteiger partial charge on any atom is -0.493 e. The van der Waals surface area contributed by atoms with Gasteiger partial charge in [-0.3, -0.25) is 0 Å². The van der Waals surface area contributed by atoms with Gasteiger partial charge in [0.25, 0.3) is 0 Å². The average molecular weight is 278 g/mol. The fraction of sp³-hybridized carbons (Fsp3) is 0.500. The maximum absolute atomic E-state index is 8.60. The van der Waals surface area contributed by atoms with Crippen LogP contribution in [0.15, 0.2) is 24.3 Å². The van der Waals surface area contributed by atoms with E-state index in [1.807, 2.05) is 36.0 Å². The normalized spacial score (nSPS) is 10.1. The highest BCUT2D eigenvalue weighted by atomic mass is 32.2. The summed E-state index contributed by atoms with van der Waals surface area (Å²) < 4.78 is 5.65. The van der Waals surface area contributed by atoms with Crippen molar-refractivity contribution in [2.45, 2.75) is 20.3 Å². The summed E-state index contributed by atoms with van der Waals surface area (Å²) in [5.74, 6) is 9.36. The quantitative estimate of drug-likeness (QED) is 0.613. The minimum atomic E-state index is -0.105. The Hall–Kier alpha value is -1.11. The third-order valence-corrected chi connectivity index (χ3v) is 3.48. The van der Waals surface area contributed by atoms with E-state index in [4.69, 9.17) is 9.84 Å². The summed E-state index contributed by atoms with van der Waals surface area (Å²) in [5.41, 5.74) is 0.896. The molecule has 0 aliphatic rings. The van der Waals surface area contributed by atoms with Crippen LogP contribution in [0.2, 0.25) is 0 Å². The number of hydrogen-bond donors (Lipinski definition) is 1. The molecular formula is C16H22O2S. The van der Waals surface area contributed by atoms with E-state index in [0.717, 1.165) is 29.6 Å². The smallest absolute Gasteiger partial charge is 0.119 e. The zero-order chi connectivity index (χ0) is 13.9. The predicted octanol–water partition coefficient (Wildman–Crippen LogP) is 3.19. The van der Waals surface area contributed by atoms with Gasteiger partial charge in [0.1, 0.15) is 12.4 Å². The molecule has 0 unspecified atom stereocenters. The topological polar surface area (TPSA) is 29.5 Å². The molecule has 0 spiro atoms. The maximum atomic E-state index is 8.60. The molecule has 0 atom stereocenters. The Morgan fingerprint density at radius 3 is 2.58 bits per heavy atom. The van der Waals surface area contributed by atoms with Crippen molar-refractivity contribution in [1.29, 1.82) is 0 Å². The summed E-state index contributed by atoms with van der Waals surface area (Å²) in [6.07, 6.45) is 1.27. The summed E-state index contributed by atoms with van der Waals surface area (Å²) in [6.45, 7) is 5.13. The highest BCUT2D eigenvalue weighted by Crippen LogP contribution is 2.13. The Labute approximate surface area is 120 Å². The minimum absolute atomic E-state index is 0.105. The highest BCUT2D eigenvalue weighted by Gasteiger charge is 1.96. The lowest BCUT2D eigenvalue weighted by Crippen LogP contribution is -2.01. The summed E-state index contributed by atoms with van der Waals surface area (Å²) in [6, 6.07) is 7.65. The lowest BCUT2D eigenvalue weighted by Gasteiger charge is -2.07. The van der Waals surface area contributed by atoms with Crippen molar-refractivity contribution in [3.63, 3.8) is 0 Å². The SMILES string of the molecule is CC(C)CCSCCOc1ccc(C#CCO)cc1. The molecule has 0 saturated carbocycles. The van der Waals surface area contributed by atoms with Gasteiger partial charge in [0, 0.05) is 11.3 Å². The molecule has 0 amide bonds. The molecule has 0 aromatic heterocycles. The molecule has 2 nitrogen and oxygen atoms in total. The van der Waals surface area contributed by atoms with Crippen molar-refractivity contribution in [1.82, 2.24) is 0 Å². The van der Waals surface area contributed by atoms with Gasteiger partial charge in [-0.1, -0.05) is 25.7 Å². The Balaban J connectivity index is 2.19. The van der Waals surface area contributed by atoms with Gasteiger partial charge in [0.15, 0.2) is 0 Å². The number of aliphatic hydroxyl groups excluding tert-OH is 1. The third kappa shape index (κ3) is 7.81. The Morgan fingerprint density at radius 2 is 1.95 bits per heavy atom. The predicted molar refractivity (Wildman–Crippen MR) is 82.7 cm³/mol. The second kappa shape index (κ2) is 9.77. The van der Waals surface area contributed by atoms with Gasteiger partial charge in [-0.25, -0.2) is 0 Å². The van der Waals surface area contributed by atoms with Crippen molar-refractivity contribution >= 4 is 11.8 Å². The van der Waals surface area contributed by atoms with Gasteiger partial charge in [-0.05, 0) is 42.4 Å². The summed E-state index contributed by atoms with van der Waals surface area (Å²) in [7, 11) is 0.